The van der Waals surface area contributed by atoms with Crippen LogP contribution in [0.25, 0.3) is 0 Å². The van der Waals surface area contributed by atoms with E-state index in [1.165, 1.54) is 19.2 Å². The average Bonchev–Trinajstić information content (AvgIpc) is 2.49. The molecule has 1 saturated heterocycles. The number of likely N-dealkylation sites (N-methyl/N-ethyl adjacent to an activating group) is 1. The van der Waals surface area contributed by atoms with Crippen molar-refractivity contribution in [2.24, 2.45) is 0 Å². The molecule has 0 bridgehead atoms. The Labute approximate surface area is 120 Å². The Kier molecular flexibility index (Phi) is 4.77. The summed E-state index contributed by atoms with van der Waals surface area (Å²) in [6.07, 6.45) is 3.14. The Morgan fingerprint density at radius 2 is 1.75 bits per heavy atom. The second kappa shape index (κ2) is 6.37. The highest BCUT2D eigenvalue weighted by molar-refractivity contribution is 7.89. The molecular weight excluding hydrogens is 276 g/mol. The number of carbonyl (C=O) groups is 1. The average molecular weight is 296 g/mol. The number of hydrogen-bond donors (Lipinski definition) is 0. The molecule has 0 unspecified atom stereocenters. The highest BCUT2D eigenvalue weighted by Gasteiger charge is 2.25. The van der Waals surface area contributed by atoms with Gasteiger partial charge < -0.3 is 4.90 Å². The minimum Gasteiger partial charge on any atom is -0.342 e. The van der Waals surface area contributed by atoms with Crippen LogP contribution in [0.4, 0.5) is 0 Å². The number of amides is 1. The van der Waals surface area contributed by atoms with Gasteiger partial charge in [-0.25, -0.2) is 8.42 Å². The highest BCUT2D eigenvalue weighted by Crippen LogP contribution is 2.14. The lowest BCUT2D eigenvalue weighted by Gasteiger charge is -2.28. The molecule has 1 aliphatic rings. The summed E-state index contributed by atoms with van der Waals surface area (Å²) in [5, 5.41) is 0. The number of benzene rings is 1. The smallest absolute Gasteiger partial charge is 0.243 e. The van der Waals surface area contributed by atoms with Crippen LogP contribution in [0.3, 0.4) is 0 Å². The van der Waals surface area contributed by atoms with Crippen LogP contribution >= 0.6 is 0 Å². The van der Waals surface area contributed by atoms with Crippen molar-refractivity contribution in [3.8, 4) is 0 Å². The van der Waals surface area contributed by atoms with Crippen LogP contribution in [0.1, 0.15) is 19.3 Å². The van der Waals surface area contributed by atoms with Gasteiger partial charge in [-0.15, -0.1) is 0 Å². The molecule has 1 aromatic carbocycles. The maximum atomic E-state index is 12.3. The molecule has 20 heavy (non-hydrogen) atoms. The van der Waals surface area contributed by atoms with Gasteiger partial charge in [0.25, 0.3) is 0 Å². The SMILES string of the molecule is CN(CC(=O)N1CCCCC1)S(=O)(=O)c1ccccc1. The second-order valence-electron chi connectivity index (χ2n) is 5.02. The van der Waals surface area contributed by atoms with E-state index in [4.69, 9.17) is 0 Å². The molecule has 0 aromatic heterocycles. The number of likely N-dealkylation sites (tertiary alicyclic amines) is 1. The minimum atomic E-state index is -3.59. The number of nitrogens with zero attached hydrogens (tertiary/aromatic N) is 2. The van der Waals surface area contributed by atoms with E-state index in [1.54, 1.807) is 23.1 Å². The van der Waals surface area contributed by atoms with Crippen molar-refractivity contribution in [2.45, 2.75) is 24.2 Å². The molecule has 0 spiro atoms. The first kappa shape index (κ1) is 15.0. The first-order valence-corrected chi connectivity index (χ1v) is 8.25. The van der Waals surface area contributed by atoms with E-state index in [2.05, 4.69) is 0 Å². The molecule has 0 atom stereocenters. The lowest BCUT2D eigenvalue weighted by atomic mass is 10.1. The fourth-order valence-electron chi connectivity index (χ4n) is 2.29. The van der Waals surface area contributed by atoms with Gasteiger partial charge in [-0.2, -0.15) is 4.31 Å². The molecule has 0 saturated carbocycles. The maximum absolute atomic E-state index is 12.3. The van der Waals surface area contributed by atoms with Crippen LogP contribution in [0, 0.1) is 0 Å². The standard InChI is InChI=1S/C14H20N2O3S/c1-15(12-14(17)16-10-6-3-7-11-16)20(18,19)13-8-4-2-5-9-13/h2,4-5,8-9H,3,6-7,10-12H2,1H3. The summed E-state index contributed by atoms with van der Waals surface area (Å²) in [6, 6.07) is 8.19. The molecule has 6 heteroatoms. The Balaban J connectivity index is 2.04. The van der Waals surface area contributed by atoms with Gasteiger partial charge in [0, 0.05) is 20.1 Å². The van der Waals surface area contributed by atoms with Crippen LogP contribution in [-0.4, -0.2) is 50.2 Å². The van der Waals surface area contributed by atoms with Crippen molar-refractivity contribution in [3.63, 3.8) is 0 Å². The summed E-state index contributed by atoms with van der Waals surface area (Å²) < 4.78 is 25.7. The zero-order valence-corrected chi connectivity index (χ0v) is 12.5. The molecule has 5 nitrogen and oxygen atoms in total. The third-order valence-corrected chi connectivity index (χ3v) is 5.34. The number of sulfonamides is 1. The third-order valence-electron chi connectivity index (χ3n) is 3.52. The highest BCUT2D eigenvalue weighted by atomic mass is 32.2. The molecular formula is C14H20N2O3S. The van der Waals surface area contributed by atoms with E-state index in [0.717, 1.165) is 36.7 Å². The van der Waals surface area contributed by atoms with Crippen molar-refractivity contribution >= 4 is 15.9 Å². The second-order valence-corrected chi connectivity index (χ2v) is 7.06. The largest absolute Gasteiger partial charge is 0.342 e. The van der Waals surface area contributed by atoms with Crippen molar-refractivity contribution in [2.75, 3.05) is 26.7 Å². The Hall–Kier alpha value is -1.40. The van der Waals surface area contributed by atoms with Gasteiger partial charge >= 0.3 is 0 Å². The summed E-state index contributed by atoms with van der Waals surface area (Å²) in [5.74, 6) is -0.119. The van der Waals surface area contributed by atoms with E-state index < -0.39 is 10.0 Å². The first-order chi connectivity index (χ1) is 9.51. The monoisotopic (exact) mass is 296 g/mol. The number of rotatable bonds is 4. The van der Waals surface area contributed by atoms with Gasteiger partial charge in [0.05, 0.1) is 11.4 Å². The lowest BCUT2D eigenvalue weighted by molar-refractivity contribution is -0.132. The van der Waals surface area contributed by atoms with E-state index in [-0.39, 0.29) is 17.3 Å². The number of hydrogen-bond acceptors (Lipinski definition) is 3. The summed E-state index contributed by atoms with van der Waals surface area (Å²) >= 11 is 0. The van der Waals surface area contributed by atoms with Gasteiger partial charge in [-0.05, 0) is 31.4 Å². The molecule has 1 heterocycles. The van der Waals surface area contributed by atoms with Crippen LogP contribution in [-0.2, 0) is 14.8 Å². The molecule has 0 N–H and O–H groups in total. The Bertz CT molecular complexity index is 551. The third kappa shape index (κ3) is 3.37. The quantitative estimate of drug-likeness (QED) is 0.842. The number of piperidine rings is 1. The lowest BCUT2D eigenvalue weighted by Crippen LogP contribution is -2.43. The zero-order valence-electron chi connectivity index (χ0n) is 11.7. The minimum absolute atomic E-state index is 0.1000. The molecule has 2 rings (SSSR count). The molecule has 1 aromatic rings. The van der Waals surface area contributed by atoms with Gasteiger partial charge in [0.1, 0.15) is 0 Å². The normalized spacial score (nSPS) is 16.4. The van der Waals surface area contributed by atoms with E-state index in [1.807, 2.05) is 0 Å². The Morgan fingerprint density at radius 3 is 2.35 bits per heavy atom. The topological polar surface area (TPSA) is 57.7 Å². The molecule has 1 amide bonds. The fourth-order valence-corrected chi connectivity index (χ4v) is 3.43. The predicted octanol–water partition coefficient (Wildman–Crippen LogP) is 1.32. The van der Waals surface area contributed by atoms with Gasteiger partial charge in [-0.1, -0.05) is 18.2 Å². The molecule has 0 aliphatic carbocycles. The van der Waals surface area contributed by atoms with Gasteiger partial charge in [-0.3, -0.25) is 4.79 Å². The molecule has 110 valence electrons. The van der Waals surface area contributed by atoms with Crippen molar-refractivity contribution in [1.82, 2.24) is 9.21 Å². The van der Waals surface area contributed by atoms with Crippen LogP contribution in [0.15, 0.2) is 35.2 Å². The number of carbonyl (C=O) groups excluding carboxylic acids is 1. The van der Waals surface area contributed by atoms with Crippen LogP contribution in [0.2, 0.25) is 0 Å². The predicted molar refractivity (Wildman–Crippen MR) is 76.7 cm³/mol. The fraction of sp³-hybridized carbons (Fsp3) is 0.500. The molecule has 1 fully saturated rings. The maximum Gasteiger partial charge on any atom is 0.243 e. The summed E-state index contributed by atoms with van der Waals surface area (Å²) in [5.41, 5.74) is 0. The zero-order chi connectivity index (χ0) is 14.6. The summed E-state index contributed by atoms with van der Waals surface area (Å²) in [4.78, 5) is 14.1. The van der Waals surface area contributed by atoms with Crippen molar-refractivity contribution in [1.29, 1.82) is 0 Å². The molecule has 0 radical (unpaired) electrons. The van der Waals surface area contributed by atoms with Crippen LogP contribution in [0.5, 0.6) is 0 Å². The van der Waals surface area contributed by atoms with Crippen molar-refractivity contribution in [3.05, 3.63) is 30.3 Å². The first-order valence-electron chi connectivity index (χ1n) is 6.81. The van der Waals surface area contributed by atoms with Crippen LogP contribution < -0.4 is 0 Å². The Morgan fingerprint density at radius 1 is 1.15 bits per heavy atom. The van der Waals surface area contributed by atoms with Gasteiger partial charge in [0.2, 0.25) is 15.9 Å². The van der Waals surface area contributed by atoms with E-state index in [0.29, 0.717) is 0 Å². The summed E-state index contributed by atoms with van der Waals surface area (Å²) in [6.45, 7) is 1.37. The molecule has 1 aliphatic heterocycles. The summed E-state index contributed by atoms with van der Waals surface area (Å²) in [7, 11) is -2.14. The van der Waals surface area contributed by atoms with Crippen molar-refractivity contribution < 1.29 is 13.2 Å². The van der Waals surface area contributed by atoms with E-state index >= 15 is 0 Å². The van der Waals surface area contributed by atoms with E-state index in [9.17, 15) is 13.2 Å². The van der Waals surface area contributed by atoms with Gasteiger partial charge in [0.15, 0.2) is 0 Å².